The van der Waals surface area contributed by atoms with Crippen LogP contribution in [-0.4, -0.2) is 54.9 Å². The first-order chi connectivity index (χ1) is 9.41. The molecule has 1 fully saturated rings. The number of carbonyl (C=O) groups is 2. The van der Waals surface area contributed by atoms with Gasteiger partial charge in [0.2, 0.25) is 0 Å². The maximum absolute atomic E-state index is 12.4. The molecule has 1 aromatic rings. The number of amides is 1. The molecule has 1 aromatic carbocycles. The van der Waals surface area contributed by atoms with Gasteiger partial charge in [0.15, 0.2) is 9.84 Å². The zero-order valence-electron chi connectivity index (χ0n) is 10.8. The Morgan fingerprint density at radius 3 is 2.35 bits per heavy atom. The van der Waals surface area contributed by atoms with Crippen molar-refractivity contribution < 1.29 is 23.1 Å². The minimum Gasteiger partial charge on any atom is -0.478 e. The normalized spacial score (nSPS) is 18.3. The topological polar surface area (TPSA) is 91.8 Å². The third-order valence-corrected chi connectivity index (χ3v) is 4.95. The number of benzene rings is 1. The number of hydrogen-bond donors (Lipinski definition) is 1. The van der Waals surface area contributed by atoms with Crippen molar-refractivity contribution in [3.05, 3.63) is 35.4 Å². The molecule has 7 heteroatoms. The van der Waals surface area contributed by atoms with Gasteiger partial charge in [0.1, 0.15) is 0 Å². The number of carbonyl (C=O) groups excluding carboxylic acids is 1. The molecule has 0 saturated carbocycles. The lowest BCUT2D eigenvalue weighted by Gasteiger charge is -2.20. The molecule has 6 nitrogen and oxygen atoms in total. The van der Waals surface area contributed by atoms with Gasteiger partial charge in [0.05, 0.1) is 22.6 Å². The van der Waals surface area contributed by atoms with Crippen molar-refractivity contribution in [3.63, 3.8) is 0 Å². The van der Waals surface area contributed by atoms with Gasteiger partial charge in [0, 0.05) is 13.1 Å². The highest BCUT2D eigenvalue weighted by Crippen LogP contribution is 2.14. The highest BCUT2D eigenvalue weighted by Gasteiger charge is 2.25. The van der Waals surface area contributed by atoms with Crippen LogP contribution in [0.5, 0.6) is 0 Å². The van der Waals surface area contributed by atoms with E-state index in [-0.39, 0.29) is 29.2 Å². The molecule has 1 heterocycles. The summed E-state index contributed by atoms with van der Waals surface area (Å²) >= 11 is 0. The third-order valence-electron chi connectivity index (χ3n) is 3.23. The van der Waals surface area contributed by atoms with Crippen LogP contribution in [0.1, 0.15) is 27.1 Å². The van der Waals surface area contributed by atoms with Gasteiger partial charge in [-0.1, -0.05) is 12.1 Å². The van der Waals surface area contributed by atoms with E-state index in [0.717, 1.165) is 0 Å². The highest BCUT2D eigenvalue weighted by molar-refractivity contribution is 7.91. The van der Waals surface area contributed by atoms with E-state index in [2.05, 4.69) is 0 Å². The van der Waals surface area contributed by atoms with Gasteiger partial charge in [-0.15, -0.1) is 0 Å². The van der Waals surface area contributed by atoms with Crippen LogP contribution in [-0.2, 0) is 9.84 Å². The first-order valence-corrected chi connectivity index (χ1v) is 8.05. The molecule has 1 amide bonds. The molecule has 0 bridgehead atoms. The van der Waals surface area contributed by atoms with Crippen molar-refractivity contribution in [1.82, 2.24) is 4.90 Å². The van der Waals surface area contributed by atoms with Gasteiger partial charge >= 0.3 is 5.97 Å². The summed E-state index contributed by atoms with van der Waals surface area (Å²) in [7, 11) is -3.10. The molecule has 1 aliphatic rings. The zero-order valence-corrected chi connectivity index (χ0v) is 11.6. The largest absolute Gasteiger partial charge is 0.478 e. The summed E-state index contributed by atoms with van der Waals surface area (Å²) in [5.74, 6) is -1.61. The van der Waals surface area contributed by atoms with E-state index in [4.69, 9.17) is 5.11 Å². The number of hydrogen-bond acceptors (Lipinski definition) is 4. The summed E-state index contributed by atoms with van der Waals surface area (Å²) in [6.07, 6.45) is 0.378. The van der Waals surface area contributed by atoms with Gasteiger partial charge in [-0.3, -0.25) is 4.79 Å². The Morgan fingerprint density at radius 2 is 1.70 bits per heavy atom. The lowest BCUT2D eigenvalue weighted by Crippen LogP contribution is -2.34. The van der Waals surface area contributed by atoms with E-state index in [1.54, 1.807) is 12.1 Å². The summed E-state index contributed by atoms with van der Waals surface area (Å²) in [4.78, 5) is 24.9. The Morgan fingerprint density at radius 1 is 1.05 bits per heavy atom. The summed E-state index contributed by atoms with van der Waals surface area (Å²) in [6, 6.07) is 5.96. The van der Waals surface area contributed by atoms with Crippen molar-refractivity contribution in [2.75, 3.05) is 24.6 Å². The highest BCUT2D eigenvalue weighted by atomic mass is 32.2. The number of carboxylic acid groups (broad SMARTS) is 1. The molecule has 1 aliphatic heterocycles. The first kappa shape index (κ1) is 14.5. The Bertz CT molecular complexity index is 638. The number of sulfone groups is 1. The second kappa shape index (κ2) is 5.62. The lowest BCUT2D eigenvalue weighted by atomic mass is 10.1. The minimum atomic E-state index is -3.10. The molecule has 1 saturated heterocycles. The fourth-order valence-electron chi connectivity index (χ4n) is 2.17. The van der Waals surface area contributed by atoms with Crippen LogP contribution in [0.3, 0.4) is 0 Å². The van der Waals surface area contributed by atoms with Gasteiger partial charge in [-0.2, -0.15) is 0 Å². The molecule has 0 atom stereocenters. The van der Waals surface area contributed by atoms with Crippen LogP contribution in [0.4, 0.5) is 0 Å². The number of nitrogens with zero attached hydrogens (tertiary/aromatic N) is 1. The molecular weight excluding hydrogens is 282 g/mol. The first-order valence-electron chi connectivity index (χ1n) is 6.23. The average molecular weight is 297 g/mol. The summed E-state index contributed by atoms with van der Waals surface area (Å²) in [5, 5.41) is 9.08. The third kappa shape index (κ3) is 3.16. The molecule has 1 N–H and O–H groups in total. The van der Waals surface area contributed by atoms with E-state index in [9.17, 15) is 18.0 Å². The number of aromatic carboxylic acids is 1. The summed E-state index contributed by atoms with van der Waals surface area (Å²) in [5.41, 5.74) is 0.0314. The second-order valence-corrected chi connectivity index (χ2v) is 6.95. The van der Waals surface area contributed by atoms with Gasteiger partial charge in [-0.05, 0) is 18.6 Å². The Kier molecular flexibility index (Phi) is 4.08. The monoisotopic (exact) mass is 297 g/mol. The number of carboxylic acids is 1. The molecule has 108 valence electrons. The Labute approximate surface area is 116 Å². The van der Waals surface area contributed by atoms with Crippen LogP contribution in [0.15, 0.2) is 24.3 Å². The SMILES string of the molecule is O=C(O)c1ccccc1C(=O)N1CCCS(=O)(=O)CC1. The van der Waals surface area contributed by atoms with E-state index in [0.29, 0.717) is 13.0 Å². The predicted octanol–water partition coefficient (Wildman–Crippen LogP) is 0.646. The van der Waals surface area contributed by atoms with E-state index >= 15 is 0 Å². The smallest absolute Gasteiger partial charge is 0.336 e. The van der Waals surface area contributed by atoms with Crippen molar-refractivity contribution >= 4 is 21.7 Å². The van der Waals surface area contributed by atoms with Crippen molar-refractivity contribution in [2.24, 2.45) is 0 Å². The van der Waals surface area contributed by atoms with Gasteiger partial charge < -0.3 is 10.0 Å². The summed E-state index contributed by atoms with van der Waals surface area (Å²) < 4.78 is 23.0. The number of rotatable bonds is 2. The van der Waals surface area contributed by atoms with E-state index in [1.165, 1.54) is 17.0 Å². The minimum absolute atomic E-state index is 0.0652. The maximum atomic E-state index is 12.4. The predicted molar refractivity (Wildman–Crippen MR) is 72.6 cm³/mol. The quantitative estimate of drug-likeness (QED) is 0.865. The van der Waals surface area contributed by atoms with Crippen LogP contribution in [0, 0.1) is 0 Å². The van der Waals surface area contributed by atoms with Crippen molar-refractivity contribution in [3.8, 4) is 0 Å². The second-order valence-electron chi connectivity index (χ2n) is 4.65. The summed E-state index contributed by atoms with van der Waals surface area (Å²) in [6.45, 7) is 0.432. The van der Waals surface area contributed by atoms with Crippen LogP contribution in [0.2, 0.25) is 0 Å². The molecule has 0 aliphatic carbocycles. The van der Waals surface area contributed by atoms with Crippen LogP contribution < -0.4 is 0 Å². The molecule has 2 rings (SSSR count). The van der Waals surface area contributed by atoms with E-state index in [1.807, 2.05) is 0 Å². The Hall–Kier alpha value is -1.89. The van der Waals surface area contributed by atoms with Crippen LogP contribution >= 0.6 is 0 Å². The average Bonchev–Trinajstić information content (AvgIpc) is 2.59. The van der Waals surface area contributed by atoms with Gasteiger partial charge in [0.25, 0.3) is 5.91 Å². The molecule has 0 radical (unpaired) electrons. The van der Waals surface area contributed by atoms with Gasteiger partial charge in [-0.25, -0.2) is 13.2 Å². The standard InChI is InChI=1S/C13H15NO5S/c15-12(10-4-1-2-5-11(10)13(16)17)14-6-3-8-20(18,19)9-7-14/h1-2,4-5H,3,6-9H2,(H,16,17). The molecular formula is C13H15NO5S. The molecule has 20 heavy (non-hydrogen) atoms. The van der Waals surface area contributed by atoms with E-state index < -0.39 is 21.7 Å². The lowest BCUT2D eigenvalue weighted by molar-refractivity contribution is 0.0677. The molecule has 0 unspecified atom stereocenters. The van der Waals surface area contributed by atoms with Crippen LogP contribution in [0.25, 0.3) is 0 Å². The molecule has 0 aromatic heterocycles. The molecule has 0 spiro atoms. The van der Waals surface area contributed by atoms with Crippen molar-refractivity contribution in [2.45, 2.75) is 6.42 Å². The maximum Gasteiger partial charge on any atom is 0.336 e. The fraction of sp³-hybridized carbons (Fsp3) is 0.385. The zero-order chi connectivity index (χ0) is 14.8. The Balaban J connectivity index is 2.26. The van der Waals surface area contributed by atoms with Crippen molar-refractivity contribution in [1.29, 1.82) is 0 Å². The fourth-order valence-corrected chi connectivity index (χ4v) is 3.44.